The lowest BCUT2D eigenvalue weighted by molar-refractivity contribution is -0.143. The van der Waals surface area contributed by atoms with Crippen LogP contribution in [0.1, 0.15) is 82.6 Å². The summed E-state index contributed by atoms with van der Waals surface area (Å²) in [6.45, 7) is 11.3. The molecule has 3 saturated heterocycles. The summed E-state index contributed by atoms with van der Waals surface area (Å²) < 4.78 is 0. The normalized spacial score (nSPS) is 23.7. The number of carbonyl (C=O) groups is 5. The van der Waals surface area contributed by atoms with Gasteiger partial charge in [0.2, 0.25) is 17.7 Å². The molecule has 4 rings (SSSR count). The standard InChI is InChI=1S/C30H42N4O5/c1-19(12-14-31-28(38)21-8-10-22(11-9-21)30(3,4)5)17-26(37)33-16-13-23-27(33)25(36)18-34(23)29(39)24-7-6-15-32(24)20(2)35/h8-11,19,23-24,27H,6-7,12-18H2,1-5H3,(H,31,38). The van der Waals surface area contributed by atoms with Crippen LogP contribution in [0.15, 0.2) is 24.3 Å². The van der Waals surface area contributed by atoms with Gasteiger partial charge in [-0.25, -0.2) is 0 Å². The summed E-state index contributed by atoms with van der Waals surface area (Å²) in [7, 11) is 0. The minimum absolute atomic E-state index is 0.00148. The van der Waals surface area contributed by atoms with E-state index >= 15 is 0 Å². The van der Waals surface area contributed by atoms with Gasteiger partial charge in [-0.2, -0.15) is 0 Å². The Morgan fingerprint density at radius 2 is 1.69 bits per heavy atom. The van der Waals surface area contributed by atoms with Crippen molar-refractivity contribution >= 4 is 29.4 Å². The van der Waals surface area contributed by atoms with Crippen LogP contribution < -0.4 is 5.32 Å². The number of benzene rings is 1. The molecule has 1 aromatic rings. The second-order valence-electron chi connectivity index (χ2n) is 12.4. The van der Waals surface area contributed by atoms with Gasteiger partial charge in [0, 0.05) is 38.5 Å². The quantitative estimate of drug-likeness (QED) is 0.574. The lowest BCUT2D eigenvalue weighted by atomic mass is 9.87. The Hall–Kier alpha value is -3.23. The molecule has 0 bridgehead atoms. The van der Waals surface area contributed by atoms with Crippen LogP contribution in [0.4, 0.5) is 0 Å². The van der Waals surface area contributed by atoms with Crippen molar-refractivity contribution in [1.82, 2.24) is 20.0 Å². The molecule has 9 nitrogen and oxygen atoms in total. The van der Waals surface area contributed by atoms with E-state index in [1.807, 2.05) is 31.2 Å². The zero-order valence-electron chi connectivity index (χ0n) is 23.9. The summed E-state index contributed by atoms with van der Waals surface area (Å²) in [5.41, 5.74) is 1.80. The Kier molecular flexibility index (Phi) is 8.47. The van der Waals surface area contributed by atoms with E-state index in [-0.39, 0.29) is 59.8 Å². The van der Waals surface area contributed by atoms with Gasteiger partial charge in [0.1, 0.15) is 12.1 Å². The molecule has 0 saturated carbocycles. The second kappa shape index (κ2) is 11.5. The molecule has 39 heavy (non-hydrogen) atoms. The van der Waals surface area contributed by atoms with Crippen LogP contribution in [0.25, 0.3) is 0 Å². The largest absolute Gasteiger partial charge is 0.352 e. The fraction of sp³-hybridized carbons (Fsp3) is 0.633. The fourth-order valence-electron chi connectivity index (χ4n) is 6.16. The van der Waals surface area contributed by atoms with Gasteiger partial charge in [-0.1, -0.05) is 39.8 Å². The van der Waals surface area contributed by atoms with Gasteiger partial charge < -0.3 is 20.0 Å². The molecule has 3 heterocycles. The number of amides is 4. The number of hydrogen-bond acceptors (Lipinski definition) is 5. The van der Waals surface area contributed by atoms with Crippen molar-refractivity contribution in [3.8, 4) is 0 Å². The number of ketones is 1. The van der Waals surface area contributed by atoms with E-state index in [1.54, 1.807) is 14.7 Å². The molecule has 3 aliphatic rings. The number of nitrogens with zero attached hydrogens (tertiary/aromatic N) is 3. The third-order valence-electron chi connectivity index (χ3n) is 8.43. The average molecular weight is 539 g/mol. The van der Waals surface area contributed by atoms with Gasteiger partial charge in [0.05, 0.1) is 12.6 Å². The molecule has 4 amide bonds. The van der Waals surface area contributed by atoms with Crippen molar-refractivity contribution in [2.24, 2.45) is 5.92 Å². The van der Waals surface area contributed by atoms with E-state index in [9.17, 15) is 24.0 Å². The maximum Gasteiger partial charge on any atom is 0.251 e. The summed E-state index contributed by atoms with van der Waals surface area (Å²) in [6.07, 6.45) is 2.87. The van der Waals surface area contributed by atoms with Gasteiger partial charge >= 0.3 is 0 Å². The number of fused-ring (bicyclic) bond motifs is 1. The highest BCUT2D eigenvalue weighted by Crippen LogP contribution is 2.33. The van der Waals surface area contributed by atoms with E-state index < -0.39 is 12.1 Å². The Balaban J connectivity index is 1.26. The van der Waals surface area contributed by atoms with Crippen molar-refractivity contribution in [2.75, 3.05) is 26.2 Å². The molecule has 212 valence electrons. The molecular weight excluding hydrogens is 496 g/mol. The van der Waals surface area contributed by atoms with Crippen LogP contribution in [0.5, 0.6) is 0 Å². The first-order valence-corrected chi connectivity index (χ1v) is 14.2. The van der Waals surface area contributed by atoms with Crippen LogP contribution in [-0.4, -0.2) is 88.4 Å². The molecule has 0 aliphatic carbocycles. The van der Waals surface area contributed by atoms with Crippen molar-refractivity contribution in [3.63, 3.8) is 0 Å². The molecule has 0 radical (unpaired) electrons. The zero-order valence-corrected chi connectivity index (χ0v) is 23.9. The summed E-state index contributed by atoms with van der Waals surface area (Å²) in [5.74, 6) is -0.605. The van der Waals surface area contributed by atoms with E-state index in [1.165, 1.54) is 12.5 Å². The van der Waals surface area contributed by atoms with Gasteiger partial charge in [-0.3, -0.25) is 24.0 Å². The first-order valence-electron chi connectivity index (χ1n) is 14.2. The Morgan fingerprint density at radius 1 is 1.00 bits per heavy atom. The van der Waals surface area contributed by atoms with E-state index in [0.717, 1.165) is 6.42 Å². The Morgan fingerprint density at radius 3 is 2.33 bits per heavy atom. The first-order chi connectivity index (χ1) is 18.4. The predicted molar refractivity (Wildman–Crippen MR) is 147 cm³/mol. The van der Waals surface area contributed by atoms with Gasteiger partial charge in [0.25, 0.3) is 5.91 Å². The highest BCUT2D eigenvalue weighted by molar-refractivity contribution is 5.99. The van der Waals surface area contributed by atoms with Crippen LogP contribution in [0.3, 0.4) is 0 Å². The van der Waals surface area contributed by atoms with Crippen molar-refractivity contribution in [2.45, 2.75) is 90.3 Å². The molecular formula is C30H42N4O5. The van der Waals surface area contributed by atoms with Crippen LogP contribution in [-0.2, 0) is 24.6 Å². The van der Waals surface area contributed by atoms with Gasteiger partial charge in [-0.05, 0) is 54.7 Å². The molecule has 1 N–H and O–H groups in total. The molecule has 0 spiro atoms. The molecule has 3 fully saturated rings. The number of rotatable bonds is 7. The maximum absolute atomic E-state index is 13.3. The summed E-state index contributed by atoms with van der Waals surface area (Å²) in [6, 6.07) is 6.20. The molecule has 4 unspecified atom stereocenters. The lowest BCUT2D eigenvalue weighted by Gasteiger charge is -2.30. The van der Waals surface area contributed by atoms with E-state index in [4.69, 9.17) is 0 Å². The Bertz CT molecular complexity index is 1130. The van der Waals surface area contributed by atoms with Crippen LogP contribution >= 0.6 is 0 Å². The Labute approximate surface area is 231 Å². The number of nitrogens with one attached hydrogen (secondary N) is 1. The molecule has 3 aliphatic heterocycles. The monoisotopic (exact) mass is 538 g/mol. The third-order valence-corrected chi connectivity index (χ3v) is 8.43. The van der Waals surface area contributed by atoms with Gasteiger partial charge in [0.15, 0.2) is 5.78 Å². The van der Waals surface area contributed by atoms with Crippen LogP contribution in [0, 0.1) is 5.92 Å². The molecule has 1 aromatic carbocycles. The van der Waals surface area contributed by atoms with Crippen molar-refractivity contribution < 1.29 is 24.0 Å². The summed E-state index contributed by atoms with van der Waals surface area (Å²) in [4.78, 5) is 68.7. The second-order valence-corrected chi connectivity index (χ2v) is 12.4. The number of carbonyl (C=O) groups excluding carboxylic acids is 5. The summed E-state index contributed by atoms with van der Waals surface area (Å²) in [5, 5.41) is 2.94. The third kappa shape index (κ3) is 6.17. The van der Waals surface area contributed by atoms with Gasteiger partial charge in [-0.15, -0.1) is 0 Å². The highest BCUT2D eigenvalue weighted by Gasteiger charge is 2.52. The number of likely N-dealkylation sites (tertiary alicyclic amines) is 3. The number of Topliss-reactive ketones (excluding diaryl/α,β-unsaturated/α-hetero) is 1. The highest BCUT2D eigenvalue weighted by atomic mass is 16.2. The van der Waals surface area contributed by atoms with Crippen molar-refractivity contribution in [1.29, 1.82) is 0 Å². The smallest absolute Gasteiger partial charge is 0.251 e. The predicted octanol–water partition coefficient (Wildman–Crippen LogP) is 2.52. The van der Waals surface area contributed by atoms with E-state index in [2.05, 4.69) is 26.1 Å². The lowest BCUT2D eigenvalue weighted by Crippen LogP contribution is -2.50. The first kappa shape index (κ1) is 28.8. The fourth-order valence-corrected chi connectivity index (χ4v) is 6.16. The minimum Gasteiger partial charge on any atom is -0.352 e. The average Bonchev–Trinajstić information content (AvgIpc) is 3.60. The topological polar surface area (TPSA) is 107 Å². The number of hydrogen-bond donors (Lipinski definition) is 1. The molecule has 0 aromatic heterocycles. The maximum atomic E-state index is 13.3. The SMILES string of the molecule is CC(=O)N1CCCC1C(=O)N1CC(=O)C2C1CCN2C(=O)CC(C)CCNC(=O)c1ccc(C(C)(C)C)cc1. The molecule has 4 atom stereocenters. The van der Waals surface area contributed by atoms with Crippen molar-refractivity contribution in [3.05, 3.63) is 35.4 Å². The summed E-state index contributed by atoms with van der Waals surface area (Å²) >= 11 is 0. The molecule has 9 heteroatoms. The minimum atomic E-state index is -0.600. The van der Waals surface area contributed by atoms with Crippen LogP contribution in [0.2, 0.25) is 0 Å². The zero-order chi connectivity index (χ0) is 28.5. The van der Waals surface area contributed by atoms with E-state index in [0.29, 0.717) is 44.5 Å².